The topological polar surface area (TPSA) is 78.4 Å². The van der Waals surface area contributed by atoms with E-state index in [0.717, 1.165) is 0 Å². The van der Waals surface area contributed by atoms with Gasteiger partial charge in [-0.2, -0.15) is 0 Å². The first kappa shape index (κ1) is 15.9. The van der Waals surface area contributed by atoms with Crippen LogP contribution in [0, 0.1) is 0 Å². The number of sulfonamides is 1. The Labute approximate surface area is 115 Å². The monoisotopic (exact) mass is 286 g/mol. The fourth-order valence-electron chi connectivity index (χ4n) is 1.53. The molecule has 0 unspecified atom stereocenters. The molecule has 0 aromatic heterocycles. The quantitative estimate of drug-likeness (QED) is 0.741. The summed E-state index contributed by atoms with van der Waals surface area (Å²) in [6, 6.07) is 6.47. The third-order valence-corrected chi connectivity index (χ3v) is 4.00. The Bertz CT molecular complexity index is 519. The Morgan fingerprint density at radius 1 is 1.26 bits per heavy atom. The molecule has 1 aromatic rings. The zero-order valence-electron chi connectivity index (χ0n) is 11.8. The lowest BCUT2D eigenvalue weighted by Gasteiger charge is -2.20. The van der Waals surface area contributed by atoms with E-state index in [4.69, 9.17) is 0 Å². The predicted molar refractivity (Wildman–Crippen MR) is 76.7 cm³/mol. The van der Waals surface area contributed by atoms with Gasteiger partial charge in [0.25, 0.3) is 0 Å². The van der Waals surface area contributed by atoms with E-state index in [9.17, 15) is 13.5 Å². The van der Waals surface area contributed by atoms with Crippen molar-refractivity contribution in [3.05, 3.63) is 24.3 Å². The minimum atomic E-state index is -3.55. The second kappa shape index (κ2) is 5.90. The van der Waals surface area contributed by atoms with Gasteiger partial charge in [0.2, 0.25) is 10.0 Å². The number of rotatable bonds is 6. The normalized spacial score (nSPS) is 12.7. The van der Waals surface area contributed by atoms with Crippen molar-refractivity contribution >= 4 is 15.7 Å². The molecule has 0 spiro atoms. The van der Waals surface area contributed by atoms with E-state index in [1.54, 1.807) is 45.9 Å². The molecule has 0 heterocycles. The van der Waals surface area contributed by atoms with E-state index in [-0.39, 0.29) is 17.5 Å². The molecule has 0 aliphatic heterocycles. The van der Waals surface area contributed by atoms with Crippen LogP contribution < -0.4 is 10.0 Å². The maximum atomic E-state index is 12.2. The third-order valence-electron chi connectivity index (χ3n) is 2.28. The van der Waals surface area contributed by atoms with Crippen LogP contribution in [0.4, 0.5) is 5.69 Å². The number of anilines is 1. The van der Waals surface area contributed by atoms with E-state index in [2.05, 4.69) is 10.0 Å². The van der Waals surface area contributed by atoms with Crippen LogP contribution in [0.25, 0.3) is 0 Å². The number of hydrogen-bond acceptors (Lipinski definition) is 4. The van der Waals surface area contributed by atoms with E-state index in [1.807, 2.05) is 0 Å². The Morgan fingerprint density at radius 2 is 1.84 bits per heavy atom. The molecule has 0 radical (unpaired) electrons. The van der Waals surface area contributed by atoms with Crippen LogP contribution in [-0.2, 0) is 10.0 Å². The van der Waals surface area contributed by atoms with Gasteiger partial charge >= 0.3 is 0 Å². The summed E-state index contributed by atoms with van der Waals surface area (Å²) in [6.07, 6.45) is 0. The highest BCUT2D eigenvalue weighted by Crippen LogP contribution is 2.21. The summed E-state index contributed by atoms with van der Waals surface area (Å²) in [5.74, 6) is 0. The average molecular weight is 286 g/mol. The fraction of sp³-hybridized carbons (Fsp3) is 0.538. The molecular formula is C13H22N2O3S. The molecule has 108 valence electrons. The third kappa shape index (κ3) is 5.18. The predicted octanol–water partition coefficient (Wildman–Crippen LogP) is 1.56. The van der Waals surface area contributed by atoms with E-state index in [1.165, 1.54) is 6.07 Å². The van der Waals surface area contributed by atoms with E-state index >= 15 is 0 Å². The Morgan fingerprint density at radius 3 is 2.37 bits per heavy atom. The van der Waals surface area contributed by atoms with Crippen molar-refractivity contribution in [1.82, 2.24) is 4.72 Å². The van der Waals surface area contributed by atoms with Gasteiger partial charge in [0.1, 0.15) is 4.90 Å². The van der Waals surface area contributed by atoms with Crippen LogP contribution in [0.3, 0.4) is 0 Å². The van der Waals surface area contributed by atoms with Crippen molar-refractivity contribution in [3.63, 3.8) is 0 Å². The summed E-state index contributed by atoms with van der Waals surface area (Å²) in [4.78, 5) is 0.188. The first-order valence-corrected chi connectivity index (χ1v) is 7.68. The molecule has 0 amide bonds. The Kier molecular flexibility index (Phi) is 4.95. The second-order valence-electron chi connectivity index (χ2n) is 5.44. The number of benzene rings is 1. The lowest BCUT2D eigenvalue weighted by atomic mass is 10.1. The van der Waals surface area contributed by atoms with Crippen molar-refractivity contribution in [2.45, 2.75) is 44.2 Å². The SMILES string of the molecule is CC(C)NS(=O)(=O)c1ccccc1NCC(C)(C)O. The maximum absolute atomic E-state index is 12.2. The first-order valence-electron chi connectivity index (χ1n) is 6.19. The molecule has 0 saturated carbocycles. The molecule has 0 bridgehead atoms. The molecule has 0 fully saturated rings. The van der Waals surface area contributed by atoms with Crippen molar-refractivity contribution in [1.29, 1.82) is 0 Å². The molecule has 0 aliphatic rings. The highest BCUT2D eigenvalue weighted by Gasteiger charge is 2.20. The maximum Gasteiger partial charge on any atom is 0.242 e. The highest BCUT2D eigenvalue weighted by atomic mass is 32.2. The van der Waals surface area contributed by atoms with Crippen molar-refractivity contribution in [2.24, 2.45) is 0 Å². The van der Waals surface area contributed by atoms with Gasteiger partial charge in [0.05, 0.1) is 11.3 Å². The molecule has 5 nitrogen and oxygen atoms in total. The second-order valence-corrected chi connectivity index (χ2v) is 7.12. The van der Waals surface area contributed by atoms with Crippen LogP contribution in [-0.4, -0.2) is 31.7 Å². The molecule has 19 heavy (non-hydrogen) atoms. The molecule has 1 aromatic carbocycles. The van der Waals surface area contributed by atoms with Crippen LogP contribution in [0.1, 0.15) is 27.7 Å². The van der Waals surface area contributed by atoms with Gasteiger partial charge in [0, 0.05) is 12.6 Å². The number of para-hydroxylation sites is 1. The summed E-state index contributed by atoms with van der Waals surface area (Å²) < 4.78 is 26.9. The number of hydrogen-bond donors (Lipinski definition) is 3. The van der Waals surface area contributed by atoms with E-state index in [0.29, 0.717) is 5.69 Å². The van der Waals surface area contributed by atoms with Gasteiger partial charge in [-0.1, -0.05) is 12.1 Å². The molecule has 0 aliphatic carbocycles. The Balaban J connectivity index is 3.02. The molecule has 6 heteroatoms. The number of nitrogens with one attached hydrogen (secondary N) is 2. The number of aliphatic hydroxyl groups is 1. The molecule has 3 N–H and O–H groups in total. The Hall–Kier alpha value is -1.11. The molecular weight excluding hydrogens is 264 g/mol. The lowest BCUT2D eigenvalue weighted by molar-refractivity contribution is 0.0944. The summed E-state index contributed by atoms with van der Waals surface area (Å²) in [5.41, 5.74) is -0.430. The lowest BCUT2D eigenvalue weighted by Crippen LogP contribution is -2.32. The largest absolute Gasteiger partial charge is 0.389 e. The summed E-state index contributed by atoms with van der Waals surface area (Å²) in [6.45, 7) is 7.11. The van der Waals surface area contributed by atoms with Crippen molar-refractivity contribution < 1.29 is 13.5 Å². The summed E-state index contributed by atoms with van der Waals surface area (Å²) >= 11 is 0. The molecule has 0 saturated heterocycles. The minimum absolute atomic E-state index is 0.174. The van der Waals surface area contributed by atoms with Crippen molar-refractivity contribution in [2.75, 3.05) is 11.9 Å². The zero-order valence-corrected chi connectivity index (χ0v) is 12.6. The van der Waals surface area contributed by atoms with E-state index < -0.39 is 15.6 Å². The summed E-state index contributed by atoms with van der Waals surface area (Å²) in [5, 5.41) is 12.7. The van der Waals surface area contributed by atoms with Gasteiger partial charge in [-0.3, -0.25) is 0 Å². The smallest absolute Gasteiger partial charge is 0.242 e. The van der Waals surface area contributed by atoms with Gasteiger partial charge in [-0.25, -0.2) is 13.1 Å². The van der Waals surface area contributed by atoms with Gasteiger partial charge in [-0.05, 0) is 39.8 Å². The summed E-state index contributed by atoms with van der Waals surface area (Å²) in [7, 11) is -3.55. The fourth-order valence-corrected chi connectivity index (χ4v) is 2.97. The van der Waals surface area contributed by atoms with Crippen LogP contribution >= 0.6 is 0 Å². The van der Waals surface area contributed by atoms with Crippen LogP contribution in [0.5, 0.6) is 0 Å². The standard InChI is InChI=1S/C13H22N2O3S/c1-10(2)15-19(17,18)12-8-6-5-7-11(12)14-9-13(3,4)16/h5-8,10,14-16H,9H2,1-4H3. The average Bonchev–Trinajstić information content (AvgIpc) is 2.24. The molecule has 1 rings (SSSR count). The van der Waals surface area contributed by atoms with Gasteiger partial charge in [0.15, 0.2) is 0 Å². The zero-order chi connectivity index (χ0) is 14.7. The first-order chi connectivity index (χ1) is 8.62. The van der Waals surface area contributed by atoms with Gasteiger partial charge < -0.3 is 10.4 Å². The molecule has 0 atom stereocenters. The van der Waals surface area contributed by atoms with Crippen molar-refractivity contribution in [3.8, 4) is 0 Å². The minimum Gasteiger partial charge on any atom is -0.389 e. The highest BCUT2D eigenvalue weighted by molar-refractivity contribution is 7.89. The van der Waals surface area contributed by atoms with Gasteiger partial charge in [-0.15, -0.1) is 0 Å². The van der Waals surface area contributed by atoms with Crippen LogP contribution in [0.15, 0.2) is 29.2 Å². The van der Waals surface area contributed by atoms with Crippen LogP contribution in [0.2, 0.25) is 0 Å².